The maximum atomic E-state index is 12.0. The van der Waals surface area contributed by atoms with Gasteiger partial charge in [0.05, 0.1) is 5.54 Å². The molecule has 0 atom stereocenters. The van der Waals surface area contributed by atoms with Crippen LogP contribution in [0.1, 0.15) is 25.7 Å². The first-order valence-electron chi connectivity index (χ1n) is 5.78. The highest BCUT2D eigenvalue weighted by molar-refractivity contribution is 6.28. The number of urea groups is 1. The van der Waals surface area contributed by atoms with Gasteiger partial charge in [-0.15, -0.1) is 0 Å². The number of nitrogens with zero attached hydrogens (tertiary/aromatic N) is 3. The highest BCUT2D eigenvalue weighted by Crippen LogP contribution is 2.39. The molecule has 0 unspecified atom stereocenters. The second-order valence-corrected chi connectivity index (χ2v) is 4.95. The fourth-order valence-electron chi connectivity index (χ4n) is 2.84. The second kappa shape index (κ2) is 3.84. The van der Waals surface area contributed by atoms with Gasteiger partial charge in [-0.05, 0) is 30.5 Å². The van der Waals surface area contributed by atoms with Crippen LogP contribution in [0.15, 0.2) is 12.3 Å². The average molecular weight is 253 g/mol. The van der Waals surface area contributed by atoms with Crippen LogP contribution in [-0.4, -0.2) is 28.1 Å². The smallest absolute Gasteiger partial charge is 0.323 e. The molecule has 1 spiro atoms. The molecule has 90 valence electrons. The molecule has 0 radical (unpaired) electrons. The third kappa shape index (κ3) is 1.65. The normalized spacial score (nSPS) is 22.2. The Balaban J connectivity index is 2.01. The van der Waals surface area contributed by atoms with Gasteiger partial charge in [-0.25, -0.2) is 14.8 Å². The lowest BCUT2D eigenvalue weighted by Gasteiger charge is -2.32. The van der Waals surface area contributed by atoms with Crippen molar-refractivity contribution in [2.24, 2.45) is 0 Å². The van der Waals surface area contributed by atoms with Crippen LogP contribution in [0, 0.1) is 0 Å². The summed E-state index contributed by atoms with van der Waals surface area (Å²) in [6.45, 7) is 0.702. The minimum absolute atomic E-state index is 0.0818. The van der Waals surface area contributed by atoms with Crippen molar-refractivity contribution in [2.75, 3.05) is 11.4 Å². The topological polar surface area (TPSA) is 58.1 Å². The minimum atomic E-state index is -0.102. The van der Waals surface area contributed by atoms with Crippen LogP contribution in [0.3, 0.4) is 0 Å². The maximum Gasteiger partial charge on any atom is 0.323 e. The number of carbonyl (C=O) groups is 1. The zero-order valence-electron chi connectivity index (χ0n) is 9.32. The Kier molecular flexibility index (Phi) is 2.43. The van der Waals surface area contributed by atoms with E-state index >= 15 is 0 Å². The molecular weight excluding hydrogens is 240 g/mol. The summed E-state index contributed by atoms with van der Waals surface area (Å²) in [5.74, 6) is 0.599. The lowest BCUT2D eigenvalue weighted by Crippen LogP contribution is -2.45. The van der Waals surface area contributed by atoms with Crippen molar-refractivity contribution < 1.29 is 4.79 Å². The van der Waals surface area contributed by atoms with E-state index < -0.39 is 0 Å². The number of amides is 2. The minimum Gasteiger partial charge on any atom is -0.335 e. The summed E-state index contributed by atoms with van der Waals surface area (Å²) < 4.78 is 0. The van der Waals surface area contributed by atoms with Crippen LogP contribution < -0.4 is 10.2 Å². The van der Waals surface area contributed by atoms with Crippen molar-refractivity contribution in [3.63, 3.8) is 0 Å². The quantitative estimate of drug-likeness (QED) is 0.778. The number of aromatic nitrogens is 2. The summed E-state index contributed by atoms with van der Waals surface area (Å²) in [5.41, 5.74) is -0.102. The molecule has 0 aromatic carbocycles. The summed E-state index contributed by atoms with van der Waals surface area (Å²) in [5, 5.41) is 3.08. The Labute approximate surface area is 104 Å². The van der Waals surface area contributed by atoms with Gasteiger partial charge in [0.2, 0.25) is 5.28 Å². The molecule has 1 aliphatic heterocycles. The van der Waals surface area contributed by atoms with E-state index in [1.54, 1.807) is 17.2 Å². The summed E-state index contributed by atoms with van der Waals surface area (Å²) in [7, 11) is 0. The van der Waals surface area contributed by atoms with E-state index in [-0.39, 0.29) is 16.9 Å². The highest BCUT2D eigenvalue weighted by atomic mass is 35.5. The number of anilines is 1. The zero-order valence-corrected chi connectivity index (χ0v) is 10.1. The van der Waals surface area contributed by atoms with Crippen LogP contribution in [0.25, 0.3) is 0 Å². The average Bonchev–Trinajstić information content (AvgIpc) is 2.88. The number of hydrogen-bond acceptors (Lipinski definition) is 3. The maximum absolute atomic E-state index is 12.0. The van der Waals surface area contributed by atoms with E-state index in [9.17, 15) is 4.79 Å². The molecule has 2 heterocycles. The van der Waals surface area contributed by atoms with E-state index in [4.69, 9.17) is 11.6 Å². The summed E-state index contributed by atoms with van der Waals surface area (Å²) in [6, 6.07) is 1.65. The summed E-state index contributed by atoms with van der Waals surface area (Å²) in [4.78, 5) is 21.7. The van der Waals surface area contributed by atoms with Crippen LogP contribution in [-0.2, 0) is 0 Å². The molecule has 6 heteroatoms. The van der Waals surface area contributed by atoms with E-state index in [0.29, 0.717) is 12.4 Å². The molecule has 17 heavy (non-hydrogen) atoms. The summed E-state index contributed by atoms with van der Waals surface area (Å²) in [6.07, 6.45) is 5.94. The first-order valence-corrected chi connectivity index (χ1v) is 6.16. The molecule has 3 rings (SSSR count). The molecule has 2 aliphatic rings. The van der Waals surface area contributed by atoms with Gasteiger partial charge >= 0.3 is 6.03 Å². The zero-order chi connectivity index (χ0) is 11.9. The molecule has 2 amide bonds. The van der Waals surface area contributed by atoms with Crippen molar-refractivity contribution in [2.45, 2.75) is 31.2 Å². The predicted octanol–water partition coefficient (Wildman–Crippen LogP) is 1.97. The Morgan fingerprint density at radius 1 is 1.41 bits per heavy atom. The lowest BCUT2D eigenvalue weighted by molar-refractivity contribution is 0.250. The van der Waals surface area contributed by atoms with Gasteiger partial charge in [0.1, 0.15) is 5.82 Å². The third-order valence-electron chi connectivity index (χ3n) is 3.62. The molecule has 1 saturated carbocycles. The van der Waals surface area contributed by atoms with Crippen molar-refractivity contribution in [3.8, 4) is 0 Å². The molecule has 1 N–H and O–H groups in total. The van der Waals surface area contributed by atoms with Gasteiger partial charge in [-0.2, -0.15) is 0 Å². The molecule has 1 aliphatic carbocycles. The molecule has 0 bridgehead atoms. The number of halogens is 1. The van der Waals surface area contributed by atoms with Crippen molar-refractivity contribution in [1.29, 1.82) is 0 Å². The molecule has 5 nitrogen and oxygen atoms in total. The molecular formula is C11H13ClN4O. The van der Waals surface area contributed by atoms with E-state index in [2.05, 4.69) is 15.3 Å². The van der Waals surface area contributed by atoms with Crippen LogP contribution in [0.5, 0.6) is 0 Å². The first-order chi connectivity index (χ1) is 8.21. The van der Waals surface area contributed by atoms with E-state index in [1.807, 2.05) is 0 Å². The van der Waals surface area contributed by atoms with Crippen LogP contribution in [0.4, 0.5) is 10.6 Å². The third-order valence-corrected chi connectivity index (χ3v) is 3.80. The SMILES string of the molecule is O=C1NCC2(CCCC2)N1c1ccnc(Cl)n1. The Hall–Kier alpha value is -1.36. The second-order valence-electron chi connectivity index (χ2n) is 4.61. The Morgan fingerprint density at radius 2 is 2.18 bits per heavy atom. The largest absolute Gasteiger partial charge is 0.335 e. The Morgan fingerprint density at radius 3 is 2.88 bits per heavy atom. The fourth-order valence-corrected chi connectivity index (χ4v) is 2.99. The highest BCUT2D eigenvalue weighted by Gasteiger charge is 2.48. The molecule has 1 aromatic rings. The van der Waals surface area contributed by atoms with Gasteiger partial charge in [-0.1, -0.05) is 12.8 Å². The van der Waals surface area contributed by atoms with E-state index in [1.165, 1.54) is 0 Å². The molecule has 1 saturated heterocycles. The number of nitrogens with one attached hydrogen (secondary N) is 1. The number of carbonyl (C=O) groups excluding carboxylic acids is 1. The fraction of sp³-hybridized carbons (Fsp3) is 0.545. The van der Waals surface area contributed by atoms with Crippen LogP contribution >= 0.6 is 11.6 Å². The molecule has 1 aromatic heterocycles. The van der Waals surface area contributed by atoms with E-state index in [0.717, 1.165) is 25.7 Å². The predicted molar refractivity (Wildman–Crippen MR) is 64.1 cm³/mol. The van der Waals surface area contributed by atoms with Gasteiger partial charge in [0, 0.05) is 12.7 Å². The Bertz CT molecular complexity index is 459. The van der Waals surface area contributed by atoms with Gasteiger partial charge in [0.25, 0.3) is 0 Å². The standard InChI is InChI=1S/C11H13ClN4O/c12-9-13-6-3-8(15-9)16-10(17)14-7-11(16)4-1-2-5-11/h3,6H,1-2,4-5,7H2,(H,14,17). The van der Waals surface area contributed by atoms with Crippen LogP contribution in [0.2, 0.25) is 5.28 Å². The number of rotatable bonds is 1. The van der Waals surface area contributed by atoms with Crippen molar-refractivity contribution in [3.05, 3.63) is 17.5 Å². The number of hydrogen-bond donors (Lipinski definition) is 1. The van der Waals surface area contributed by atoms with Crippen molar-refractivity contribution in [1.82, 2.24) is 15.3 Å². The summed E-state index contributed by atoms with van der Waals surface area (Å²) >= 11 is 5.79. The monoisotopic (exact) mass is 252 g/mol. The van der Waals surface area contributed by atoms with Crippen molar-refractivity contribution >= 4 is 23.4 Å². The van der Waals surface area contributed by atoms with Gasteiger partial charge < -0.3 is 5.32 Å². The molecule has 2 fully saturated rings. The first kappa shape index (κ1) is 10.8. The van der Waals surface area contributed by atoms with Gasteiger partial charge in [-0.3, -0.25) is 4.90 Å². The van der Waals surface area contributed by atoms with Gasteiger partial charge in [0.15, 0.2) is 0 Å². The lowest BCUT2D eigenvalue weighted by atomic mass is 9.97.